The summed E-state index contributed by atoms with van der Waals surface area (Å²) < 4.78 is 23.3. The molecule has 144 valence electrons. The maximum absolute atomic E-state index is 13.0. The van der Waals surface area contributed by atoms with Crippen LogP contribution in [0.2, 0.25) is 0 Å². The molecule has 2 N–H and O–H groups in total. The number of carbonyl (C=O) groups excluding carboxylic acids is 2. The maximum atomic E-state index is 13.0. The van der Waals surface area contributed by atoms with Crippen LogP contribution in [0.5, 0.6) is 11.5 Å². The lowest BCUT2D eigenvalue weighted by molar-refractivity contribution is 0.0848. The van der Waals surface area contributed by atoms with E-state index in [0.29, 0.717) is 21.9 Å². The average Bonchev–Trinajstić information content (AvgIpc) is 3.22. The zero-order valence-corrected chi connectivity index (χ0v) is 15.9. The normalized spacial score (nSPS) is 10.2. The lowest BCUT2D eigenvalue weighted by Crippen LogP contribution is -2.41. The molecule has 0 radical (unpaired) electrons. The Morgan fingerprint density at radius 2 is 1.54 bits per heavy atom. The van der Waals surface area contributed by atoms with Crippen molar-refractivity contribution < 1.29 is 23.5 Å². The number of hydrogen-bond donors (Lipinski definition) is 2. The lowest BCUT2D eigenvalue weighted by atomic mass is 10.2. The minimum atomic E-state index is -0.496. The predicted octanol–water partition coefficient (Wildman–Crippen LogP) is 3.65. The molecule has 3 rings (SSSR count). The summed E-state index contributed by atoms with van der Waals surface area (Å²) in [6.45, 7) is 0. The Morgan fingerprint density at radius 1 is 0.857 bits per heavy atom. The highest BCUT2D eigenvalue weighted by Gasteiger charge is 2.14. The van der Waals surface area contributed by atoms with Crippen molar-refractivity contribution in [3.05, 3.63) is 70.9 Å². The highest BCUT2D eigenvalue weighted by molar-refractivity contribution is 7.17. The predicted molar refractivity (Wildman–Crippen MR) is 104 cm³/mol. The standard InChI is InChI=1S/C20H17FN2O4S/c1-26-15-8-5-13(11-16(15)27-2)19(24)22-23-20(25)18-10-9-17(28-18)12-3-6-14(21)7-4-12/h3-11H,1-2H3,(H,22,24)(H,23,25). The van der Waals surface area contributed by atoms with Gasteiger partial charge in [0.25, 0.3) is 11.8 Å². The maximum Gasteiger partial charge on any atom is 0.279 e. The Kier molecular flexibility index (Phi) is 5.90. The van der Waals surface area contributed by atoms with Crippen molar-refractivity contribution in [3.63, 3.8) is 0 Å². The van der Waals surface area contributed by atoms with E-state index in [9.17, 15) is 14.0 Å². The zero-order chi connectivity index (χ0) is 20.1. The number of rotatable bonds is 5. The second-order valence-corrected chi connectivity index (χ2v) is 6.73. The van der Waals surface area contributed by atoms with E-state index in [2.05, 4.69) is 10.9 Å². The molecule has 8 heteroatoms. The van der Waals surface area contributed by atoms with Gasteiger partial charge in [-0.25, -0.2) is 4.39 Å². The second-order valence-electron chi connectivity index (χ2n) is 5.65. The molecule has 2 amide bonds. The van der Waals surface area contributed by atoms with Crippen LogP contribution in [-0.4, -0.2) is 26.0 Å². The van der Waals surface area contributed by atoms with Gasteiger partial charge in [-0.3, -0.25) is 20.4 Å². The molecule has 0 fully saturated rings. The van der Waals surface area contributed by atoms with Gasteiger partial charge in [0.1, 0.15) is 5.82 Å². The minimum Gasteiger partial charge on any atom is -0.493 e. The first-order chi connectivity index (χ1) is 13.5. The van der Waals surface area contributed by atoms with Crippen molar-refractivity contribution in [1.29, 1.82) is 0 Å². The van der Waals surface area contributed by atoms with Crippen molar-refractivity contribution in [2.75, 3.05) is 14.2 Å². The second kappa shape index (κ2) is 8.53. The molecule has 0 aliphatic heterocycles. The molecule has 2 aromatic carbocycles. The lowest BCUT2D eigenvalue weighted by Gasteiger charge is -2.10. The number of carbonyl (C=O) groups is 2. The van der Waals surface area contributed by atoms with E-state index in [-0.39, 0.29) is 5.82 Å². The van der Waals surface area contributed by atoms with Gasteiger partial charge in [0, 0.05) is 10.4 Å². The van der Waals surface area contributed by atoms with E-state index in [1.165, 1.54) is 43.8 Å². The van der Waals surface area contributed by atoms with Gasteiger partial charge in [-0.2, -0.15) is 0 Å². The molecule has 0 aliphatic rings. The first-order valence-corrected chi connectivity index (χ1v) is 9.02. The molecule has 1 heterocycles. The molecular formula is C20H17FN2O4S. The fraction of sp³-hybridized carbons (Fsp3) is 0.100. The van der Waals surface area contributed by atoms with Crippen molar-refractivity contribution in [2.24, 2.45) is 0 Å². The molecule has 6 nitrogen and oxygen atoms in total. The fourth-order valence-electron chi connectivity index (χ4n) is 2.45. The van der Waals surface area contributed by atoms with Crippen LogP contribution in [0.25, 0.3) is 10.4 Å². The first-order valence-electron chi connectivity index (χ1n) is 8.20. The number of amides is 2. The number of benzene rings is 2. The van der Waals surface area contributed by atoms with E-state index >= 15 is 0 Å². The van der Waals surface area contributed by atoms with Crippen LogP contribution in [0, 0.1) is 5.82 Å². The van der Waals surface area contributed by atoms with E-state index in [4.69, 9.17) is 9.47 Å². The summed E-state index contributed by atoms with van der Waals surface area (Å²) in [4.78, 5) is 25.8. The molecular weight excluding hydrogens is 383 g/mol. The molecule has 28 heavy (non-hydrogen) atoms. The van der Waals surface area contributed by atoms with Gasteiger partial charge in [0.05, 0.1) is 19.1 Å². The summed E-state index contributed by atoms with van der Waals surface area (Å²) >= 11 is 1.24. The van der Waals surface area contributed by atoms with Crippen LogP contribution >= 0.6 is 11.3 Å². The van der Waals surface area contributed by atoms with Gasteiger partial charge in [-0.15, -0.1) is 11.3 Å². The summed E-state index contributed by atoms with van der Waals surface area (Å²) in [5.74, 6) is -0.369. The van der Waals surface area contributed by atoms with Gasteiger partial charge in [-0.05, 0) is 48.0 Å². The molecule has 0 unspecified atom stereocenters. The topological polar surface area (TPSA) is 76.7 Å². The molecule has 0 atom stereocenters. The number of thiophene rings is 1. The Labute approximate surface area is 164 Å². The highest BCUT2D eigenvalue weighted by atomic mass is 32.1. The molecule has 0 aliphatic carbocycles. The molecule has 0 saturated carbocycles. The van der Waals surface area contributed by atoms with Crippen LogP contribution in [0.3, 0.4) is 0 Å². The van der Waals surface area contributed by atoms with Crippen LogP contribution < -0.4 is 20.3 Å². The van der Waals surface area contributed by atoms with Gasteiger partial charge in [0.2, 0.25) is 0 Å². The Balaban J connectivity index is 1.64. The number of hydrogen-bond acceptors (Lipinski definition) is 5. The van der Waals surface area contributed by atoms with Crippen LogP contribution in [0.4, 0.5) is 4.39 Å². The van der Waals surface area contributed by atoms with E-state index in [1.807, 2.05) is 0 Å². The third-order valence-corrected chi connectivity index (χ3v) is 5.03. The monoisotopic (exact) mass is 400 g/mol. The zero-order valence-electron chi connectivity index (χ0n) is 15.1. The average molecular weight is 400 g/mol. The third kappa shape index (κ3) is 4.29. The molecule has 3 aromatic rings. The number of halogens is 1. The molecule has 0 saturated heterocycles. The summed E-state index contributed by atoms with van der Waals surface area (Å²) in [6.07, 6.45) is 0. The number of nitrogens with one attached hydrogen (secondary N) is 2. The molecule has 0 spiro atoms. The summed E-state index contributed by atoms with van der Waals surface area (Å²) in [5.41, 5.74) is 5.85. The Bertz CT molecular complexity index is 1000. The first kappa shape index (κ1) is 19.4. The summed E-state index contributed by atoms with van der Waals surface area (Å²) in [6, 6.07) is 14.1. The van der Waals surface area contributed by atoms with Gasteiger partial charge in [-0.1, -0.05) is 12.1 Å². The highest BCUT2D eigenvalue weighted by Crippen LogP contribution is 2.29. The Morgan fingerprint density at radius 3 is 2.21 bits per heavy atom. The molecule has 0 bridgehead atoms. The number of methoxy groups -OCH3 is 2. The van der Waals surface area contributed by atoms with Crippen LogP contribution in [-0.2, 0) is 0 Å². The number of hydrazine groups is 1. The smallest absolute Gasteiger partial charge is 0.279 e. The number of ether oxygens (including phenoxy) is 2. The summed E-state index contributed by atoms with van der Waals surface area (Å²) in [5, 5.41) is 0. The van der Waals surface area contributed by atoms with Crippen molar-refractivity contribution in [1.82, 2.24) is 10.9 Å². The van der Waals surface area contributed by atoms with E-state index < -0.39 is 11.8 Å². The van der Waals surface area contributed by atoms with Crippen LogP contribution in [0.15, 0.2) is 54.6 Å². The van der Waals surface area contributed by atoms with E-state index in [1.54, 1.807) is 36.4 Å². The van der Waals surface area contributed by atoms with E-state index in [0.717, 1.165) is 10.4 Å². The summed E-state index contributed by atoms with van der Waals surface area (Å²) in [7, 11) is 2.97. The van der Waals surface area contributed by atoms with Gasteiger partial charge < -0.3 is 9.47 Å². The largest absolute Gasteiger partial charge is 0.493 e. The van der Waals surface area contributed by atoms with Crippen molar-refractivity contribution in [3.8, 4) is 21.9 Å². The Hall–Kier alpha value is -3.39. The van der Waals surface area contributed by atoms with Gasteiger partial charge >= 0.3 is 0 Å². The SMILES string of the molecule is COc1ccc(C(=O)NNC(=O)c2ccc(-c3ccc(F)cc3)s2)cc1OC. The third-order valence-electron chi connectivity index (χ3n) is 3.89. The minimum absolute atomic E-state index is 0.302. The van der Waals surface area contributed by atoms with Crippen LogP contribution in [0.1, 0.15) is 20.0 Å². The fourth-order valence-corrected chi connectivity index (χ4v) is 3.36. The molecule has 1 aromatic heterocycles. The van der Waals surface area contributed by atoms with Crippen molar-refractivity contribution >= 4 is 23.2 Å². The van der Waals surface area contributed by atoms with Gasteiger partial charge in [0.15, 0.2) is 11.5 Å². The van der Waals surface area contributed by atoms with Crippen molar-refractivity contribution in [2.45, 2.75) is 0 Å². The quantitative estimate of drug-likeness (QED) is 0.641.